The van der Waals surface area contributed by atoms with Crippen LogP contribution in [0.25, 0.3) is 0 Å². The van der Waals surface area contributed by atoms with Crippen LogP contribution in [-0.4, -0.2) is 38.6 Å². The van der Waals surface area contributed by atoms with E-state index in [-0.39, 0.29) is 6.42 Å². The van der Waals surface area contributed by atoms with E-state index in [1.54, 1.807) is 0 Å². The lowest BCUT2D eigenvalue weighted by Crippen LogP contribution is -2.36. The average molecular weight is 250 g/mol. The van der Waals surface area contributed by atoms with E-state index in [0.717, 1.165) is 6.26 Å². The van der Waals surface area contributed by atoms with Crippen LogP contribution in [0.4, 0.5) is 17.6 Å². The van der Waals surface area contributed by atoms with E-state index in [2.05, 4.69) is 0 Å². The van der Waals surface area contributed by atoms with E-state index in [9.17, 15) is 30.8 Å². The van der Waals surface area contributed by atoms with Crippen LogP contribution in [0.5, 0.6) is 0 Å². The molecule has 0 aliphatic carbocycles. The van der Waals surface area contributed by atoms with Gasteiger partial charge in [-0.2, -0.15) is 8.78 Å². The molecule has 0 aliphatic rings. The second-order valence-electron chi connectivity index (χ2n) is 3.08. The second kappa shape index (κ2) is 4.91. The fraction of sp³-hybridized carbons (Fsp3) is 0.857. The third kappa shape index (κ3) is 5.10. The number of ketones is 1. The summed E-state index contributed by atoms with van der Waals surface area (Å²) in [5.41, 5.74) is 0. The third-order valence-corrected chi connectivity index (χ3v) is 2.60. The molecule has 0 amide bonds. The standard InChI is InChI=1S/C7H10F4O3S/c1-15(13,14)4-2-3-5(12)7(10,11)6(8)9/h6H,2-4H2,1H3. The van der Waals surface area contributed by atoms with Gasteiger partial charge < -0.3 is 0 Å². The number of carbonyl (C=O) groups excluding carboxylic acids is 1. The van der Waals surface area contributed by atoms with Crippen molar-refractivity contribution >= 4 is 15.6 Å². The van der Waals surface area contributed by atoms with Gasteiger partial charge in [0.25, 0.3) is 0 Å². The summed E-state index contributed by atoms with van der Waals surface area (Å²) in [7, 11) is -3.37. The number of hydrogen-bond donors (Lipinski definition) is 0. The van der Waals surface area contributed by atoms with E-state index in [1.807, 2.05) is 0 Å². The quantitative estimate of drug-likeness (QED) is 0.667. The summed E-state index contributed by atoms with van der Waals surface area (Å²) in [4.78, 5) is 10.6. The molecule has 0 aromatic carbocycles. The van der Waals surface area contributed by atoms with Gasteiger partial charge in [0.2, 0.25) is 5.78 Å². The average Bonchev–Trinajstić information content (AvgIpc) is 2.01. The van der Waals surface area contributed by atoms with Crippen LogP contribution in [0.3, 0.4) is 0 Å². The van der Waals surface area contributed by atoms with Crippen LogP contribution in [-0.2, 0) is 14.6 Å². The number of alkyl halides is 4. The molecule has 0 aliphatic heterocycles. The van der Waals surface area contributed by atoms with Crippen molar-refractivity contribution < 1.29 is 30.8 Å². The minimum absolute atomic E-state index is 0.375. The van der Waals surface area contributed by atoms with Crippen LogP contribution in [0.2, 0.25) is 0 Å². The topological polar surface area (TPSA) is 51.2 Å². The lowest BCUT2D eigenvalue weighted by atomic mass is 10.1. The molecule has 0 heterocycles. The maximum absolute atomic E-state index is 12.3. The minimum Gasteiger partial charge on any atom is -0.293 e. The highest BCUT2D eigenvalue weighted by Crippen LogP contribution is 2.25. The number of rotatable bonds is 6. The van der Waals surface area contributed by atoms with E-state index >= 15 is 0 Å². The van der Waals surface area contributed by atoms with Crippen LogP contribution in [0.15, 0.2) is 0 Å². The molecule has 15 heavy (non-hydrogen) atoms. The lowest BCUT2D eigenvalue weighted by molar-refractivity contribution is -0.167. The Kier molecular flexibility index (Phi) is 4.69. The van der Waals surface area contributed by atoms with Crippen LogP contribution in [0, 0.1) is 0 Å². The SMILES string of the molecule is CS(=O)(=O)CCCC(=O)C(F)(F)C(F)F. The molecule has 0 rings (SSSR count). The molecular formula is C7H10F4O3S. The van der Waals surface area contributed by atoms with Crippen molar-refractivity contribution in [2.45, 2.75) is 25.2 Å². The predicted octanol–water partition coefficient (Wildman–Crippen LogP) is 1.28. The Hall–Kier alpha value is -0.660. The summed E-state index contributed by atoms with van der Waals surface area (Å²) in [5.74, 6) is -7.09. The molecule has 0 saturated heterocycles. The highest BCUT2D eigenvalue weighted by molar-refractivity contribution is 7.90. The Morgan fingerprint density at radius 2 is 1.80 bits per heavy atom. The molecule has 0 fully saturated rings. The summed E-state index contributed by atoms with van der Waals surface area (Å²) in [5, 5.41) is 0. The third-order valence-electron chi connectivity index (χ3n) is 1.56. The zero-order valence-corrected chi connectivity index (χ0v) is 8.66. The Morgan fingerprint density at radius 1 is 1.33 bits per heavy atom. The summed E-state index contributed by atoms with van der Waals surface area (Å²) in [6, 6.07) is 0. The predicted molar refractivity (Wildman–Crippen MR) is 44.9 cm³/mol. The van der Waals surface area contributed by atoms with E-state index in [4.69, 9.17) is 0 Å². The van der Waals surface area contributed by atoms with Gasteiger partial charge in [-0.3, -0.25) is 4.79 Å². The van der Waals surface area contributed by atoms with Crippen molar-refractivity contribution in [3.63, 3.8) is 0 Å². The van der Waals surface area contributed by atoms with Gasteiger partial charge in [-0.15, -0.1) is 0 Å². The Morgan fingerprint density at radius 3 is 2.13 bits per heavy atom. The van der Waals surface area contributed by atoms with E-state index in [0.29, 0.717) is 0 Å². The first kappa shape index (κ1) is 14.3. The molecule has 0 spiro atoms. The zero-order chi connectivity index (χ0) is 12.3. The van der Waals surface area contributed by atoms with E-state index < -0.39 is 40.1 Å². The van der Waals surface area contributed by atoms with Gasteiger partial charge in [0.1, 0.15) is 9.84 Å². The molecule has 90 valence electrons. The van der Waals surface area contributed by atoms with Crippen LogP contribution < -0.4 is 0 Å². The molecule has 0 saturated carbocycles. The molecule has 3 nitrogen and oxygen atoms in total. The van der Waals surface area contributed by atoms with Gasteiger partial charge in [-0.1, -0.05) is 0 Å². The maximum Gasteiger partial charge on any atom is 0.364 e. The highest BCUT2D eigenvalue weighted by atomic mass is 32.2. The summed E-state index contributed by atoms with van der Waals surface area (Å²) >= 11 is 0. The molecule has 0 unspecified atom stereocenters. The second-order valence-corrected chi connectivity index (χ2v) is 5.34. The van der Waals surface area contributed by atoms with Gasteiger partial charge in [0.05, 0.1) is 5.75 Å². The number of halogens is 4. The molecule has 0 aromatic heterocycles. The van der Waals surface area contributed by atoms with Crippen molar-refractivity contribution in [2.75, 3.05) is 12.0 Å². The molecule has 8 heteroatoms. The Labute approximate surface area is 84.4 Å². The van der Waals surface area contributed by atoms with Crippen molar-refractivity contribution in [3.05, 3.63) is 0 Å². The highest BCUT2D eigenvalue weighted by Gasteiger charge is 2.47. The fourth-order valence-corrected chi connectivity index (χ4v) is 1.45. The number of sulfone groups is 1. The fourth-order valence-electron chi connectivity index (χ4n) is 0.783. The normalized spacial score (nSPS) is 13.2. The first-order valence-corrected chi connectivity index (χ1v) is 6.00. The molecule has 0 N–H and O–H groups in total. The molecule has 0 bridgehead atoms. The van der Waals surface area contributed by atoms with Crippen molar-refractivity contribution in [1.29, 1.82) is 0 Å². The van der Waals surface area contributed by atoms with Gasteiger partial charge in [0.15, 0.2) is 0 Å². The van der Waals surface area contributed by atoms with Crippen LogP contribution in [0.1, 0.15) is 12.8 Å². The van der Waals surface area contributed by atoms with Gasteiger partial charge >= 0.3 is 12.3 Å². The summed E-state index contributed by atoms with van der Waals surface area (Å²) in [6.07, 6.45) is -4.43. The Balaban J connectivity index is 4.17. The largest absolute Gasteiger partial charge is 0.364 e. The first-order chi connectivity index (χ1) is 6.57. The van der Waals surface area contributed by atoms with Crippen molar-refractivity contribution in [3.8, 4) is 0 Å². The summed E-state index contributed by atoms with van der Waals surface area (Å²) < 4.78 is 69.0. The molecule has 0 atom stereocenters. The lowest BCUT2D eigenvalue weighted by Gasteiger charge is -2.12. The first-order valence-electron chi connectivity index (χ1n) is 3.94. The number of carbonyl (C=O) groups is 1. The molecule has 0 aromatic rings. The number of Topliss-reactive ketones (excluding diaryl/α,β-unsaturated/α-hetero) is 1. The summed E-state index contributed by atoms with van der Waals surface area (Å²) in [6.45, 7) is 0. The van der Waals surface area contributed by atoms with Crippen molar-refractivity contribution in [1.82, 2.24) is 0 Å². The monoisotopic (exact) mass is 250 g/mol. The molecular weight excluding hydrogens is 240 g/mol. The number of hydrogen-bond acceptors (Lipinski definition) is 3. The smallest absolute Gasteiger partial charge is 0.293 e. The van der Waals surface area contributed by atoms with Gasteiger partial charge in [-0.05, 0) is 6.42 Å². The molecule has 0 radical (unpaired) electrons. The zero-order valence-electron chi connectivity index (χ0n) is 7.84. The maximum atomic E-state index is 12.3. The Bertz CT molecular complexity index is 323. The van der Waals surface area contributed by atoms with Crippen molar-refractivity contribution in [2.24, 2.45) is 0 Å². The van der Waals surface area contributed by atoms with E-state index in [1.165, 1.54) is 0 Å². The van der Waals surface area contributed by atoms with Crippen LogP contribution >= 0.6 is 0 Å². The minimum atomic E-state index is -4.68. The van der Waals surface area contributed by atoms with Gasteiger partial charge in [0, 0.05) is 12.7 Å². The van der Waals surface area contributed by atoms with Gasteiger partial charge in [-0.25, -0.2) is 17.2 Å².